The lowest BCUT2D eigenvalue weighted by atomic mass is 9.89. The Morgan fingerprint density at radius 3 is 2.46 bits per heavy atom. The molecule has 1 aromatic heterocycles. The van der Waals surface area contributed by atoms with E-state index in [1.54, 1.807) is 6.07 Å². The lowest BCUT2D eigenvalue weighted by Gasteiger charge is -2.34. The van der Waals surface area contributed by atoms with Crippen LogP contribution in [0.3, 0.4) is 0 Å². The Morgan fingerprint density at radius 2 is 1.84 bits per heavy atom. The summed E-state index contributed by atoms with van der Waals surface area (Å²) < 4.78 is 48.8. The predicted octanol–water partition coefficient (Wildman–Crippen LogP) is 6.55. The number of carbonyl (C=O) groups excluding carboxylic acids is 2. The molecule has 0 unspecified atom stereocenters. The smallest absolute Gasteiger partial charge is 0.416 e. The van der Waals surface area contributed by atoms with E-state index in [2.05, 4.69) is 9.88 Å². The molecule has 5 nitrogen and oxygen atoms in total. The third-order valence-electron chi connectivity index (χ3n) is 8.71. The molecule has 37 heavy (non-hydrogen) atoms. The van der Waals surface area contributed by atoms with E-state index in [9.17, 15) is 22.8 Å². The van der Waals surface area contributed by atoms with Crippen molar-refractivity contribution in [2.45, 2.75) is 102 Å². The largest absolute Gasteiger partial charge is 0.464 e. The molecule has 0 bridgehead atoms. The average Bonchev–Trinajstić information content (AvgIpc) is 3.52. The highest BCUT2D eigenvalue weighted by Crippen LogP contribution is 2.50. The zero-order chi connectivity index (χ0) is 26.4. The lowest BCUT2D eigenvalue weighted by molar-refractivity contribution is -0.138. The van der Waals surface area contributed by atoms with Crippen LogP contribution in [-0.2, 0) is 27.7 Å². The van der Waals surface area contributed by atoms with Gasteiger partial charge in [0.05, 0.1) is 11.1 Å². The number of nitrogens with one attached hydrogen (secondary N) is 1. The second kappa shape index (κ2) is 9.84. The highest BCUT2D eigenvalue weighted by atomic mass is 19.4. The molecule has 0 atom stereocenters. The van der Waals surface area contributed by atoms with Crippen molar-refractivity contribution >= 4 is 12.4 Å². The quantitative estimate of drug-likeness (QED) is 0.405. The minimum atomic E-state index is -4.45. The summed E-state index contributed by atoms with van der Waals surface area (Å²) in [5.74, 6) is 0.200. The monoisotopic (exact) mass is 516 g/mol. The number of hydrogen-bond acceptors (Lipinski definition) is 3. The minimum Gasteiger partial charge on any atom is -0.464 e. The standard InChI is InChI=1S/C29H35F3N2O3/c1-18-25(27(36)33-23-13-24(14-23)37-17-35)15-26(34(18)16-19-6-4-3-5-7-19)20-10-21(28(2)8-9-28)12-22(11-20)29(30,31)32/h10-12,15,17,19,23-24H,3-9,13-14,16H2,1-2H3,(H,33,36)/t23-,24-. The Kier molecular flexibility index (Phi) is 6.88. The SMILES string of the molecule is Cc1c(C(=O)N[C@H]2C[C@H](OC=O)C2)cc(-c2cc(C(F)(F)F)cc(C3(C)CC3)c2)n1CC1CCCCC1. The van der Waals surface area contributed by atoms with E-state index in [0.717, 1.165) is 44.2 Å². The van der Waals surface area contributed by atoms with Crippen molar-refractivity contribution in [1.29, 1.82) is 0 Å². The third-order valence-corrected chi connectivity index (χ3v) is 8.71. The Hall–Kier alpha value is -2.77. The molecule has 2 aromatic rings. The maximum atomic E-state index is 13.9. The van der Waals surface area contributed by atoms with Crippen molar-refractivity contribution in [2.75, 3.05) is 0 Å². The number of rotatable bonds is 8. The van der Waals surface area contributed by atoms with Crippen LogP contribution in [0.1, 0.15) is 91.9 Å². The Morgan fingerprint density at radius 1 is 1.14 bits per heavy atom. The fourth-order valence-corrected chi connectivity index (χ4v) is 5.88. The number of halogens is 3. The first-order chi connectivity index (χ1) is 17.6. The van der Waals surface area contributed by atoms with Gasteiger partial charge >= 0.3 is 6.18 Å². The molecule has 200 valence electrons. The molecule has 0 saturated heterocycles. The zero-order valence-electron chi connectivity index (χ0n) is 21.5. The van der Waals surface area contributed by atoms with Gasteiger partial charge in [-0.25, -0.2) is 0 Å². The van der Waals surface area contributed by atoms with Gasteiger partial charge < -0.3 is 14.6 Å². The molecular formula is C29H35F3N2O3. The van der Waals surface area contributed by atoms with Crippen molar-refractivity contribution < 1.29 is 27.5 Å². The molecule has 0 radical (unpaired) electrons. The van der Waals surface area contributed by atoms with Gasteiger partial charge in [0, 0.05) is 36.8 Å². The van der Waals surface area contributed by atoms with Gasteiger partial charge in [-0.2, -0.15) is 13.2 Å². The molecule has 3 fully saturated rings. The summed E-state index contributed by atoms with van der Waals surface area (Å²) in [5, 5.41) is 3.01. The van der Waals surface area contributed by atoms with Crippen LogP contribution < -0.4 is 5.32 Å². The van der Waals surface area contributed by atoms with Gasteiger partial charge in [0.2, 0.25) is 0 Å². The third kappa shape index (κ3) is 5.43. The second-order valence-electron chi connectivity index (χ2n) is 11.5. The number of benzene rings is 1. The topological polar surface area (TPSA) is 60.3 Å². The Bertz CT molecular complexity index is 1150. The zero-order valence-corrected chi connectivity index (χ0v) is 21.5. The van der Waals surface area contributed by atoms with Crippen molar-refractivity contribution in [3.8, 4) is 11.3 Å². The van der Waals surface area contributed by atoms with Gasteiger partial charge in [-0.1, -0.05) is 26.2 Å². The van der Waals surface area contributed by atoms with Crippen LogP contribution in [0.15, 0.2) is 24.3 Å². The van der Waals surface area contributed by atoms with E-state index in [4.69, 9.17) is 4.74 Å². The number of nitrogens with zero attached hydrogens (tertiary/aromatic N) is 1. The first-order valence-electron chi connectivity index (χ1n) is 13.4. The van der Waals surface area contributed by atoms with Crippen molar-refractivity contribution in [3.63, 3.8) is 0 Å². The Labute approximate surface area is 215 Å². The summed E-state index contributed by atoms with van der Waals surface area (Å²) in [6.07, 6.45) is 3.96. The molecular weight excluding hydrogens is 481 g/mol. The Balaban J connectivity index is 1.51. The molecule has 8 heteroatoms. The van der Waals surface area contributed by atoms with Crippen LogP contribution in [-0.4, -0.2) is 29.1 Å². The number of alkyl halides is 3. The van der Waals surface area contributed by atoms with Crippen molar-refractivity contribution in [1.82, 2.24) is 9.88 Å². The molecule has 1 aromatic carbocycles. The van der Waals surface area contributed by atoms with E-state index in [1.807, 2.05) is 19.9 Å². The normalized spacial score (nSPS) is 23.3. The van der Waals surface area contributed by atoms with Gasteiger partial charge in [-0.15, -0.1) is 0 Å². The van der Waals surface area contributed by atoms with Gasteiger partial charge in [-0.05, 0) is 79.3 Å². The number of carbonyl (C=O) groups is 2. The maximum absolute atomic E-state index is 13.9. The second-order valence-corrected chi connectivity index (χ2v) is 11.5. The van der Waals surface area contributed by atoms with E-state index in [0.29, 0.717) is 54.2 Å². The van der Waals surface area contributed by atoms with Crippen LogP contribution in [0.5, 0.6) is 0 Å². The molecule has 3 saturated carbocycles. The number of ether oxygens (including phenoxy) is 1. The fourth-order valence-electron chi connectivity index (χ4n) is 5.88. The van der Waals surface area contributed by atoms with E-state index in [1.165, 1.54) is 18.6 Å². The first kappa shape index (κ1) is 25.9. The molecule has 0 aliphatic heterocycles. The van der Waals surface area contributed by atoms with Gasteiger partial charge in [0.15, 0.2) is 0 Å². The van der Waals surface area contributed by atoms with E-state index >= 15 is 0 Å². The summed E-state index contributed by atoms with van der Waals surface area (Å²) in [6.45, 7) is 5.01. The van der Waals surface area contributed by atoms with Gasteiger partial charge in [-0.3, -0.25) is 9.59 Å². The van der Waals surface area contributed by atoms with Gasteiger partial charge in [0.25, 0.3) is 12.4 Å². The average molecular weight is 517 g/mol. The number of aromatic nitrogens is 1. The van der Waals surface area contributed by atoms with Crippen molar-refractivity contribution in [3.05, 3.63) is 46.6 Å². The maximum Gasteiger partial charge on any atom is 0.416 e. The first-order valence-corrected chi connectivity index (χ1v) is 13.4. The molecule has 1 amide bonds. The van der Waals surface area contributed by atoms with Gasteiger partial charge in [0.1, 0.15) is 6.10 Å². The summed E-state index contributed by atoms with van der Waals surface area (Å²) in [5.41, 5.74) is 2.28. The molecule has 3 aliphatic rings. The molecule has 5 rings (SSSR count). The predicted molar refractivity (Wildman–Crippen MR) is 134 cm³/mol. The van der Waals surface area contributed by atoms with E-state index < -0.39 is 11.7 Å². The summed E-state index contributed by atoms with van der Waals surface area (Å²) in [6, 6.07) is 6.09. The minimum absolute atomic E-state index is 0.0861. The van der Waals surface area contributed by atoms with Crippen LogP contribution in [0.2, 0.25) is 0 Å². The van der Waals surface area contributed by atoms with E-state index in [-0.39, 0.29) is 23.5 Å². The van der Waals surface area contributed by atoms with Crippen LogP contribution >= 0.6 is 0 Å². The van der Waals surface area contributed by atoms with Crippen LogP contribution in [0.25, 0.3) is 11.3 Å². The molecule has 0 spiro atoms. The van der Waals surface area contributed by atoms with Crippen LogP contribution in [0, 0.1) is 12.8 Å². The lowest BCUT2D eigenvalue weighted by Crippen LogP contribution is -2.47. The number of hydrogen-bond donors (Lipinski definition) is 1. The summed E-state index contributed by atoms with van der Waals surface area (Å²) >= 11 is 0. The fraction of sp³-hybridized carbons (Fsp3) is 0.586. The summed E-state index contributed by atoms with van der Waals surface area (Å²) in [4.78, 5) is 23.8. The summed E-state index contributed by atoms with van der Waals surface area (Å²) in [7, 11) is 0. The van der Waals surface area contributed by atoms with Crippen molar-refractivity contribution in [2.24, 2.45) is 5.92 Å². The molecule has 1 N–H and O–H groups in total. The molecule has 1 heterocycles. The number of amides is 1. The highest BCUT2D eigenvalue weighted by molar-refractivity contribution is 5.97. The molecule has 3 aliphatic carbocycles. The van der Waals surface area contributed by atoms with Crippen LogP contribution in [0.4, 0.5) is 13.2 Å². The highest BCUT2D eigenvalue weighted by Gasteiger charge is 2.41.